The van der Waals surface area contributed by atoms with Crippen molar-refractivity contribution >= 4 is 101 Å². The highest BCUT2D eigenvalue weighted by atomic mass is 32.2. The lowest BCUT2D eigenvalue weighted by Crippen LogP contribution is -2.48. The number of piperidine rings is 2. The van der Waals surface area contributed by atoms with Crippen molar-refractivity contribution in [3.63, 3.8) is 0 Å². The van der Waals surface area contributed by atoms with Gasteiger partial charge in [-0.15, -0.1) is 0 Å². The molecule has 0 spiro atoms. The number of hydrazine groups is 2. The van der Waals surface area contributed by atoms with Crippen molar-refractivity contribution in [3.8, 4) is 0 Å². The number of nitrogens with zero attached hydrogens (tertiary/aromatic N) is 6. The summed E-state index contributed by atoms with van der Waals surface area (Å²) in [7, 11) is -8.10. The van der Waals surface area contributed by atoms with Crippen LogP contribution in [-0.2, 0) is 61.9 Å². The number of hydrogen-bond acceptors (Lipinski definition) is 16. The number of piperazine rings is 1. The van der Waals surface area contributed by atoms with Crippen LogP contribution in [0.15, 0.2) is 156 Å². The Labute approximate surface area is 536 Å². The quantitative estimate of drug-likeness (QED) is 0.0160. The van der Waals surface area contributed by atoms with E-state index in [1.165, 1.54) is 72.8 Å². The average Bonchev–Trinajstić information content (AvgIpc) is 1.10. The van der Waals surface area contributed by atoms with Gasteiger partial charge in [-0.1, -0.05) is 26.0 Å². The maximum atomic E-state index is 13.3. The van der Waals surface area contributed by atoms with Crippen LogP contribution < -0.4 is 71.3 Å². The molecule has 28 heteroatoms. The summed E-state index contributed by atoms with van der Waals surface area (Å²) in [5.74, 6) is -2.63. The largest absolute Gasteiger partial charge is 0.371 e. The van der Waals surface area contributed by atoms with Crippen molar-refractivity contribution < 1.29 is 54.7 Å². The molecule has 2 aromatic heterocycles. The number of aromatic nitrogens is 2. The van der Waals surface area contributed by atoms with Crippen LogP contribution in [0.25, 0.3) is 0 Å². The number of carbonyl (C=O) groups excluding carboxylic acids is 6. The summed E-state index contributed by atoms with van der Waals surface area (Å²) in [5, 5.41) is 10.8. The van der Waals surface area contributed by atoms with Crippen molar-refractivity contribution in [1.82, 2.24) is 31.3 Å². The normalized spacial score (nSPS) is 15.1. The minimum absolute atomic E-state index is 0.0479. The van der Waals surface area contributed by atoms with Crippen LogP contribution >= 0.6 is 0 Å². The van der Waals surface area contributed by atoms with Crippen molar-refractivity contribution in [2.75, 3.05) is 119 Å². The SMILES string of the molecule is CC1CCN(c2cc[n+](CC(=O)Nc3cccc(S(=O)(=O)Nc4ccc(NNC(=O)C(=O)NCCCN5CCN(CCCNC(=O)C(=O)NNc6ccc(NS(=O)(=O)c7cccc(NC(=O)C[n+]8ccc(N9CCC(C)CC9)cc8)c7)cc6)CC5)cc4)c3)cc2)CC1. The first-order valence-electron chi connectivity index (χ1n) is 31.0. The lowest BCUT2D eigenvalue weighted by molar-refractivity contribution is -0.684. The Morgan fingerprint density at radius 2 is 0.783 bits per heavy atom. The molecule has 0 aliphatic carbocycles. The fourth-order valence-electron chi connectivity index (χ4n) is 10.7. The maximum Gasteiger partial charge on any atom is 0.327 e. The van der Waals surface area contributed by atoms with E-state index in [0.717, 1.165) is 101 Å². The molecular weight excluding hydrogens is 1220 g/mol. The molecule has 6 amide bonds. The summed E-state index contributed by atoms with van der Waals surface area (Å²) in [6.45, 7) is 13.8. The first-order valence-corrected chi connectivity index (χ1v) is 33.9. The fourth-order valence-corrected chi connectivity index (χ4v) is 12.9. The number of nitrogens with one attached hydrogen (secondary N) is 10. The molecule has 0 radical (unpaired) electrons. The fraction of sp³-hybridized carbons (Fsp3) is 0.375. The first-order chi connectivity index (χ1) is 44.3. The second-order valence-electron chi connectivity index (χ2n) is 23.4. The number of anilines is 8. The molecule has 0 unspecified atom stereocenters. The molecule has 0 atom stereocenters. The number of hydrogen-bond donors (Lipinski definition) is 10. The molecular formula is C64H82N16O10S2+2. The highest BCUT2D eigenvalue weighted by Crippen LogP contribution is 2.26. The second kappa shape index (κ2) is 32.1. The summed E-state index contributed by atoms with van der Waals surface area (Å²) >= 11 is 0. The molecule has 3 saturated heterocycles. The maximum absolute atomic E-state index is 13.3. The Hall–Kier alpha value is -9.38. The van der Waals surface area contributed by atoms with Gasteiger partial charge in [-0.3, -0.25) is 59.9 Å². The Morgan fingerprint density at radius 1 is 0.435 bits per heavy atom. The summed E-state index contributed by atoms with van der Waals surface area (Å²) in [6.07, 6.45) is 13.3. The number of sulfonamides is 2. The minimum Gasteiger partial charge on any atom is -0.371 e. The summed E-state index contributed by atoms with van der Waals surface area (Å²) in [5.41, 5.74) is 14.2. The molecule has 9 rings (SSSR count). The molecule has 5 heterocycles. The molecule has 3 aliphatic rings. The minimum atomic E-state index is -4.05. The van der Waals surface area contributed by atoms with Gasteiger partial charge in [-0.25, -0.2) is 16.8 Å². The van der Waals surface area contributed by atoms with Gasteiger partial charge >= 0.3 is 23.6 Å². The van der Waals surface area contributed by atoms with Gasteiger partial charge in [0.2, 0.25) is 13.1 Å². The van der Waals surface area contributed by atoms with Gasteiger partial charge in [0.15, 0.2) is 24.8 Å². The second-order valence-corrected chi connectivity index (χ2v) is 26.7. The van der Waals surface area contributed by atoms with Gasteiger partial charge in [-0.05, 0) is 148 Å². The predicted octanol–water partition coefficient (Wildman–Crippen LogP) is 3.83. The van der Waals surface area contributed by atoms with Gasteiger partial charge in [0.1, 0.15) is 0 Å². The van der Waals surface area contributed by atoms with Crippen LogP contribution in [-0.4, -0.2) is 141 Å². The van der Waals surface area contributed by atoms with E-state index in [-0.39, 0.29) is 59.2 Å². The van der Waals surface area contributed by atoms with E-state index in [0.29, 0.717) is 48.7 Å². The van der Waals surface area contributed by atoms with Gasteiger partial charge in [0.25, 0.3) is 31.9 Å². The summed E-state index contributed by atoms with van der Waals surface area (Å²) in [4.78, 5) is 85.1. The van der Waals surface area contributed by atoms with Crippen molar-refractivity contribution in [2.24, 2.45) is 11.8 Å². The van der Waals surface area contributed by atoms with E-state index in [1.807, 2.05) is 49.1 Å². The average molecular weight is 1300 g/mol. The van der Waals surface area contributed by atoms with Crippen LogP contribution in [0.3, 0.4) is 0 Å². The molecule has 92 heavy (non-hydrogen) atoms. The van der Waals surface area contributed by atoms with Crippen molar-refractivity contribution in [3.05, 3.63) is 146 Å². The van der Waals surface area contributed by atoms with Gasteiger partial charge < -0.3 is 40.9 Å². The Kier molecular flexibility index (Phi) is 23.4. The molecule has 10 N–H and O–H groups in total. The summed E-state index contributed by atoms with van der Waals surface area (Å²) in [6, 6.07) is 31.9. The van der Waals surface area contributed by atoms with E-state index >= 15 is 0 Å². The van der Waals surface area contributed by atoms with E-state index < -0.39 is 43.7 Å². The van der Waals surface area contributed by atoms with Gasteiger partial charge in [0.05, 0.1) is 21.2 Å². The van der Waals surface area contributed by atoms with Crippen molar-refractivity contribution in [1.29, 1.82) is 0 Å². The molecule has 6 aromatic rings. The molecule has 3 fully saturated rings. The number of carbonyl (C=O) groups is 6. The summed E-state index contributed by atoms with van der Waals surface area (Å²) < 4.78 is 61.9. The molecule has 3 aliphatic heterocycles. The molecule has 488 valence electrons. The smallest absolute Gasteiger partial charge is 0.327 e. The zero-order valence-electron chi connectivity index (χ0n) is 51.7. The van der Waals surface area contributed by atoms with Crippen LogP contribution in [0.4, 0.5) is 45.5 Å². The first kappa shape index (κ1) is 67.0. The monoisotopic (exact) mass is 1300 g/mol. The molecule has 0 saturated carbocycles. The van der Waals surface area contributed by atoms with Gasteiger partial charge in [0, 0.05) is 124 Å². The van der Waals surface area contributed by atoms with E-state index in [2.05, 4.69) is 85.9 Å². The molecule has 4 aromatic carbocycles. The Morgan fingerprint density at radius 3 is 1.14 bits per heavy atom. The van der Waals surface area contributed by atoms with Crippen LogP contribution in [0, 0.1) is 11.8 Å². The number of amides is 6. The number of benzene rings is 4. The van der Waals surface area contributed by atoms with Gasteiger partial charge in [-0.2, -0.15) is 9.13 Å². The lowest BCUT2D eigenvalue weighted by Gasteiger charge is -2.34. The number of pyridine rings is 2. The molecule has 0 bridgehead atoms. The lowest BCUT2D eigenvalue weighted by atomic mass is 9.99. The third-order valence-electron chi connectivity index (χ3n) is 16.2. The van der Waals surface area contributed by atoms with E-state index in [4.69, 9.17) is 0 Å². The third-order valence-corrected chi connectivity index (χ3v) is 19.0. The van der Waals surface area contributed by atoms with Crippen LogP contribution in [0.1, 0.15) is 52.4 Å². The van der Waals surface area contributed by atoms with Crippen LogP contribution in [0.2, 0.25) is 0 Å². The Balaban J connectivity index is 0.586. The highest BCUT2D eigenvalue weighted by molar-refractivity contribution is 7.93. The molecule has 26 nitrogen and oxygen atoms in total. The van der Waals surface area contributed by atoms with E-state index in [9.17, 15) is 45.6 Å². The van der Waals surface area contributed by atoms with Crippen molar-refractivity contribution in [2.45, 2.75) is 75.3 Å². The highest BCUT2D eigenvalue weighted by Gasteiger charge is 2.24. The third kappa shape index (κ3) is 20.3. The zero-order valence-corrected chi connectivity index (χ0v) is 53.4. The Bertz CT molecular complexity index is 3490. The topological polar surface area (TPSA) is 312 Å². The number of rotatable bonds is 26. The predicted molar refractivity (Wildman–Crippen MR) is 351 cm³/mol. The standard InChI is InChI=1S/C64H80N16O10S2/c1-47-19-35-79(36-20-47)55-23-31-77(32-24-55)45-59(81)67-53-7-3-9-57(43-53)91(87,88)73-51-15-11-49(12-16-51)69-71-63(85)61(83)65-27-5-29-75-39-41-76(42-40-75)30-6-28-66-62(84)64(86)72-70-50-13-17-52(18-14-50)74-92(89,90)58-10-4-8-54(44-58)68-60(82)46-78-33-25-56(26-34-78)80-37-21-48(2)22-38-80/h3-4,7-18,23-26,31-34,43-44,47-48H,5-6,19-22,27-30,35-42,45-46H2,1-2H3,(H8-2,65,66,67,68,69,70,71,72,73,74,81,82,83,84,85,86)/p+2. The van der Waals surface area contributed by atoms with E-state index in [1.54, 1.807) is 33.4 Å². The van der Waals surface area contributed by atoms with Crippen LogP contribution in [0.5, 0.6) is 0 Å². The zero-order chi connectivity index (χ0) is 65.0.